The Morgan fingerprint density at radius 3 is 2.81 bits per heavy atom. The van der Waals surface area contributed by atoms with Crippen molar-refractivity contribution in [2.45, 2.75) is 25.3 Å². The van der Waals surface area contributed by atoms with Crippen LogP contribution in [-0.4, -0.2) is 64.6 Å². The molecule has 1 aliphatic heterocycles. The first-order valence-corrected chi connectivity index (χ1v) is 12.1. The molecular formula is C26H34N6O4. The number of hydrogen-bond donors (Lipinski definition) is 2. The van der Waals surface area contributed by atoms with Crippen LogP contribution < -0.4 is 21.3 Å². The topological polar surface area (TPSA) is 117 Å². The zero-order chi connectivity index (χ0) is 25.7. The Labute approximate surface area is 210 Å². The van der Waals surface area contributed by atoms with Gasteiger partial charge in [-0.25, -0.2) is 9.48 Å². The maximum absolute atomic E-state index is 12.9. The summed E-state index contributed by atoms with van der Waals surface area (Å²) in [5.41, 5.74) is 8.76. The lowest BCUT2D eigenvalue weighted by molar-refractivity contribution is 0.0599. The summed E-state index contributed by atoms with van der Waals surface area (Å²) in [5.74, 6) is -0.0320. The molecule has 1 aliphatic rings. The number of rotatable bonds is 8. The number of aryl methyl sites for hydroxylation is 2. The first-order chi connectivity index (χ1) is 17.4. The third kappa shape index (κ3) is 5.71. The minimum Gasteiger partial charge on any atom is -0.476 e. The van der Waals surface area contributed by atoms with Crippen LogP contribution in [0.2, 0.25) is 0 Å². The number of nitrogens with zero attached hydrogens (tertiary/aromatic N) is 4. The molecule has 1 fully saturated rings. The molecule has 0 radical (unpaired) electrons. The number of benzene rings is 1. The van der Waals surface area contributed by atoms with Crippen LogP contribution >= 0.6 is 0 Å². The van der Waals surface area contributed by atoms with Crippen LogP contribution in [0.1, 0.15) is 29.6 Å². The van der Waals surface area contributed by atoms with Gasteiger partial charge in [0.2, 0.25) is 5.88 Å². The average molecular weight is 495 g/mol. The summed E-state index contributed by atoms with van der Waals surface area (Å²) < 4.78 is 13.9. The number of carbonyl (C=O) groups excluding carboxylic acids is 1. The normalized spacial score (nSPS) is 16.4. The van der Waals surface area contributed by atoms with Gasteiger partial charge in [-0.15, -0.1) is 0 Å². The molecule has 0 bridgehead atoms. The predicted molar refractivity (Wildman–Crippen MR) is 139 cm³/mol. The minimum atomic E-state index is -0.514. The van der Waals surface area contributed by atoms with Crippen molar-refractivity contribution < 1.29 is 14.3 Å². The molecule has 10 nitrogen and oxygen atoms in total. The Morgan fingerprint density at radius 2 is 2.03 bits per heavy atom. The van der Waals surface area contributed by atoms with E-state index in [1.54, 1.807) is 25.0 Å². The van der Waals surface area contributed by atoms with E-state index >= 15 is 0 Å². The highest BCUT2D eigenvalue weighted by Crippen LogP contribution is 2.28. The molecule has 3 aromatic rings. The van der Waals surface area contributed by atoms with Crippen LogP contribution in [0.4, 0.5) is 11.4 Å². The highest BCUT2D eigenvalue weighted by molar-refractivity contribution is 5.90. The second-order valence-electron chi connectivity index (χ2n) is 9.11. The number of aromatic nitrogens is 3. The van der Waals surface area contributed by atoms with Crippen molar-refractivity contribution in [2.24, 2.45) is 14.1 Å². The van der Waals surface area contributed by atoms with Gasteiger partial charge in [0.05, 0.1) is 41.4 Å². The Bertz CT molecular complexity index is 1270. The molecule has 36 heavy (non-hydrogen) atoms. The van der Waals surface area contributed by atoms with Gasteiger partial charge in [0.1, 0.15) is 6.61 Å². The summed E-state index contributed by atoms with van der Waals surface area (Å²) in [4.78, 5) is 27.3. The second kappa shape index (κ2) is 11.3. The summed E-state index contributed by atoms with van der Waals surface area (Å²) in [6.07, 6.45) is 6.39. The molecular weight excluding hydrogens is 460 g/mol. The zero-order valence-electron chi connectivity index (χ0n) is 21.1. The molecule has 3 heterocycles. The summed E-state index contributed by atoms with van der Waals surface area (Å²) in [7, 11) is 4.68. The monoisotopic (exact) mass is 494 g/mol. The number of esters is 1. The molecule has 192 valence electrons. The van der Waals surface area contributed by atoms with E-state index in [1.165, 1.54) is 23.9 Å². The molecule has 0 spiro atoms. The molecule has 3 N–H and O–H groups in total. The second-order valence-corrected chi connectivity index (χ2v) is 9.11. The van der Waals surface area contributed by atoms with Crippen molar-refractivity contribution in [3.8, 4) is 17.0 Å². The summed E-state index contributed by atoms with van der Waals surface area (Å²) in [6.45, 7) is 3.04. The number of methoxy groups -OCH3 is 1. The molecule has 1 saturated heterocycles. The van der Waals surface area contributed by atoms with Gasteiger partial charge in [0.25, 0.3) is 5.56 Å². The summed E-state index contributed by atoms with van der Waals surface area (Å²) in [6, 6.07) is 9.67. The maximum atomic E-state index is 12.9. The molecule has 1 aromatic carbocycles. The molecule has 1 atom stereocenters. The van der Waals surface area contributed by atoms with E-state index in [9.17, 15) is 9.59 Å². The zero-order valence-corrected chi connectivity index (χ0v) is 21.1. The third-order valence-electron chi connectivity index (χ3n) is 6.50. The highest BCUT2D eigenvalue weighted by Gasteiger charge is 2.21. The van der Waals surface area contributed by atoms with Crippen LogP contribution in [0.25, 0.3) is 11.1 Å². The van der Waals surface area contributed by atoms with E-state index in [-0.39, 0.29) is 11.1 Å². The van der Waals surface area contributed by atoms with Gasteiger partial charge in [-0.3, -0.25) is 9.69 Å². The van der Waals surface area contributed by atoms with Gasteiger partial charge < -0.3 is 25.1 Å². The van der Waals surface area contributed by atoms with E-state index in [2.05, 4.69) is 15.3 Å². The van der Waals surface area contributed by atoms with Crippen molar-refractivity contribution in [3.63, 3.8) is 0 Å². The van der Waals surface area contributed by atoms with Gasteiger partial charge in [-0.2, -0.15) is 5.10 Å². The molecule has 0 aliphatic carbocycles. The first-order valence-electron chi connectivity index (χ1n) is 12.1. The SMILES string of the molecule is COC(=O)c1cc(-c2cnn(C)c2OCCN2CCCCC(Nc3ccccc3N)C2)c(=O)n(C)c1. The quantitative estimate of drug-likeness (QED) is 0.362. The fraction of sp³-hybridized carbons (Fsp3) is 0.423. The largest absolute Gasteiger partial charge is 0.476 e. The number of nitrogens with two attached hydrogens (primary N) is 1. The van der Waals surface area contributed by atoms with Gasteiger partial charge in [0, 0.05) is 39.4 Å². The minimum absolute atomic E-state index is 0.248. The van der Waals surface area contributed by atoms with Gasteiger partial charge >= 0.3 is 5.97 Å². The fourth-order valence-corrected chi connectivity index (χ4v) is 4.58. The average Bonchev–Trinajstić information content (AvgIpc) is 3.08. The number of carbonyl (C=O) groups is 1. The molecule has 1 unspecified atom stereocenters. The maximum Gasteiger partial charge on any atom is 0.339 e. The van der Waals surface area contributed by atoms with E-state index in [0.29, 0.717) is 29.7 Å². The van der Waals surface area contributed by atoms with Gasteiger partial charge in [0.15, 0.2) is 0 Å². The summed E-state index contributed by atoms with van der Waals surface area (Å²) >= 11 is 0. The number of likely N-dealkylation sites (tertiary alicyclic amines) is 1. The van der Waals surface area contributed by atoms with Crippen molar-refractivity contribution in [2.75, 3.05) is 44.4 Å². The van der Waals surface area contributed by atoms with Crippen LogP contribution in [0.15, 0.2) is 47.5 Å². The first kappa shape index (κ1) is 25.3. The van der Waals surface area contributed by atoms with Crippen LogP contribution in [0.3, 0.4) is 0 Å². The van der Waals surface area contributed by atoms with Crippen LogP contribution in [-0.2, 0) is 18.8 Å². The van der Waals surface area contributed by atoms with Crippen molar-refractivity contribution in [1.82, 2.24) is 19.2 Å². The van der Waals surface area contributed by atoms with Crippen LogP contribution in [0.5, 0.6) is 5.88 Å². The number of para-hydroxylation sites is 2. The van der Waals surface area contributed by atoms with E-state index in [4.69, 9.17) is 15.2 Å². The smallest absolute Gasteiger partial charge is 0.339 e. The lowest BCUT2D eigenvalue weighted by atomic mass is 10.1. The molecule has 0 amide bonds. The van der Waals surface area contributed by atoms with Crippen molar-refractivity contribution in [1.29, 1.82) is 0 Å². The summed E-state index contributed by atoms with van der Waals surface area (Å²) in [5, 5.41) is 7.89. The Balaban J connectivity index is 1.44. The van der Waals surface area contributed by atoms with E-state index < -0.39 is 5.97 Å². The molecule has 4 rings (SSSR count). The standard InChI is InChI=1S/C26H34N6O4/c1-30-16-18(26(34)35-3)14-20(24(30)33)21-15-28-31(2)25(21)36-13-12-32-11-7-6-8-19(17-32)29-23-10-5-4-9-22(23)27/h4-5,9-10,14-16,19,29H,6-8,11-13,17,27H2,1-3H3. The number of ether oxygens (including phenoxy) is 2. The van der Waals surface area contributed by atoms with Crippen LogP contribution in [0, 0.1) is 0 Å². The predicted octanol–water partition coefficient (Wildman–Crippen LogP) is 2.50. The highest BCUT2D eigenvalue weighted by atomic mass is 16.5. The number of anilines is 2. The van der Waals surface area contributed by atoms with E-state index in [1.807, 2.05) is 24.3 Å². The van der Waals surface area contributed by atoms with Gasteiger partial charge in [-0.1, -0.05) is 18.6 Å². The number of pyridine rings is 1. The fourth-order valence-electron chi connectivity index (χ4n) is 4.58. The van der Waals surface area contributed by atoms with Gasteiger partial charge in [-0.05, 0) is 37.6 Å². The Morgan fingerprint density at radius 1 is 1.22 bits per heavy atom. The van der Waals surface area contributed by atoms with Crippen molar-refractivity contribution in [3.05, 3.63) is 58.6 Å². The van der Waals surface area contributed by atoms with Crippen molar-refractivity contribution >= 4 is 17.3 Å². The number of nitrogen functional groups attached to an aromatic ring is 1. The Hall–Kier alpha value is -3.79. The third-order valence-corrected chi connectivity index (χ3v) is 6.50. The molecule has 2 aromatic heterocycles. The number of nitrogens with one attached hydrogen (secondary N) is 1. The number of hydrogen-bond acceptors (Lipinski definition) is 8. The molecule has 0 saturated carbocycles. The lowest BCUT2D eigenvalue weighted by Crippen LogP contribution is -2.37. The van der Waals surface area contributed by atoms with E-state index in [0.717, 1.165) is 50.3 Å². The lowest BCUT2D eigenvalue weighted by Gasteiger charge is -2.26. The molecule has 10 heteroatoms. The Kier molecular flexibility index (Phi) is 7.94.